The van der Waals surface area contributed by atoms with Crippen molar-refractivity contribution >= 4 is 32.8 Å². The number of benzene rings is 1. The number of carbonyl (C=O) groups is 1. The molecule has 0 aliphatic carbocycles. The maximum absolute atomic E-state index is 11.7. The summed E-state index contributed by atoms with van der Waals surface area (Å²) in [5, 5.41) is 1.42. The SMILES string of the molecule is CS(=O)(=O)c1ccc(C(C(=O)ON=C(N)N)S(=O)O)cc1. The first-order valence-electron chi connectivity index (χ1n) is 5.32. The molecular formula is C10H13N3O6S2. The van der Waals surface area contributed by atoms with Crippen molar-refractivity contribution in [2.45, 2.75) is 10.1 Å². The van der Waals surface area contributed by atoms with Crippen LogP contribution in [0.5, 0.6) is 0 Å². The molecule has 0 radical (unpaired) electrons. The number of nitrogens with two attached hydrogens (primary N) is 2. The standard InChI is InChI=1S/C10H13N3O6S2/c1-21(17,18)7-4-2-6(3-5-7)8(20(15)16)9(14)19-13-10(11)12/h2-5,8H,1H3,(H,15,16)(H4,11,12,13). The van der Waals surface area contributed by atoms with E-state index in [-0.39, 0.29) is 10.5 Å². The lowest BCUT2D eigenvalue weighted by molar-refractivity contribution is -0.143. The summed E-state index contributed by atoms with van der Waals surface area (Å²) < 4.78 is 43.0. The summed E-state index contributed by atoms with van der Waals surface area (Å²) in [4.78, 5) is 16.0. The second kappa shape index (κ2) is 6.65. The average Bonchev–Trinajstić information content (AvgIpc) is 2.35. The predicted molar refractivity (Wildman–Crippen MR) is 75.0 cm³/mol. The Bertz CT molecular complexity index is 679. The van der Waals surface area contributed by atoms with E-state index in [2.05, 4.69) is 9.99 Å². The molecule has 0 fully saturated rings. The van der Waals surface area contributed by atoms with Gasteiger partial charge in [0.05, 0.1) is 4.90 Å². The lowest BCUT2D eigenvalue weighted by Gasteiger charge is -2.10. The Kier molecular flexibility index (Phi) is 5.41. The van der Waals surface area contributed by atoms with Crippen LogP contribution >= 0.6 is 0 Å². The Hall–Kier alpha value is -1.98. The minimum Gasteiger partial charge on any atom is -0.367 e. The highest BCUT2D eigenvalue weighted by Crippen LogP contribution is 2.22. The van der Waals surface area contributed by atoms with Crippen molar-refractivity contribution in [3.05, 3.63) is 29.8 Å². The third kappa shape index (κ3) is 4.81. The predicted octanol–water partition coefficient (Wildman–Crippen LogP) is -0.915. The van der Waals surface area contributed by atoms with Crippen LogP contribution < -0.4 is 11.5 Å². The van der Waals surface area contributed by atoms with E-state index in [1.54, 1.807) is 0 Å². The molecule has 0 heterocycles. The minimum atomic E-state index is -3.42. The van der Waals surface area contributed by atoms with E-state index < -0.39 is 38.1 Å². The number of nitrogens with zero attached hydrogens (tertiary/aromatic N) is 1. The van der Waals surface area contributed by atoms with Crippen LogP contribution in [0.3, 0.4) is 0 Å². The zero-order chi connectivity index (χ0) is 16.2. The summed E-state index contributed by atoms with van der Waals surface area (Å²) in [6, 6.07) is 4.87. The van der Waals surface area contributed by atoms with Crippen LogP contribution in [0, 0.1) is 0 Å². The molecule has 116 valence electrons. The molecular weight excluding hydrogens is 322 g/mol. The molecule has 1 aromatic rings. The molecule has 0 bridgehead atoms. The Morgan fingerprint density at radius 2 is 1.86 bits per heavy atom. The Morgan fingerprint density at radius 3 is 2.24 bits per heavy atom. The largest absolute Gasteiger partial charge is 0.367 e. The van der Waals surface area contributed by atoms with E-state index in [0.717, 1.165) is 6.26 Å². The van der Waals surface area contributed by atoms with Crippen molar-refractivity contribution in [3.8, 4) is 0 Å². The average molecular weight is 335 g/mol. The van der Waals surface area contributed by atoms with Gasteiger partial charge in [-0.05, 0) is 22.9 Å². The summed E-state index contributed by atoms with van der Waals surface area (Å²) in [5.41, 5.74) is 10.0. The summed E-state index contributed by atoms with van der Waals surface area (Å²) in [5.74, 6) is -1.69. The van der Waals surface area contributed by atoms with Gasteiger partial charge in [0.1, 0.15) is 0 Å². The van der Waals surface area contributed by atoms with Gasteiger partial charge in [-0.2, -0.15) is 0 Å². The highest BCUT2D eigenvalue weighted by Gasteiger charge is 2.29. The van der Waals surface area contributed by atoms with Crippen LogP contribution in [-0.4, -0.2) is 35.4 Å². The second-order valence-corrected chi connectivity index (χ2v) is 6.96. The number of sulfone groups is 1. The zero-order valence-electron chi connectivity index (χ0n) is 10.8. The Morgan fingerprint density at radius 1 is 1.33 bits per heavy atom. The maximum Gasteiger partial charge on any atom is 0.357 e. The topological polar surface area (TPSA) is 162 Å². The van der Waals surface area contributed by atoms with Crippen molar-refractivity contribution in [2.75, 3.05) is 6.26 Å². The molecule has 5 N–H and O–H groups in total. The molecule has 2 unspecified atom stereocenters. The number of rotatable bonds is 5. The molecule has 9 nitrogen and oxygen atoms in total. The molecule has 0 aliphatic rings. The van der Waals surface area contributed by atoms with E-state index in [1.807, 2.05) is 0 Å². The number of hydrogen-bond donors (Lipinski definition) is 3. The van der Waals surface area contributed by atoms with Crippen molar-refractivity contribution in [1.82, 2.24) is 0 Å². The van der Waals surface area contributed by atoms with Gasteiger partial charge in [-0.25, -0.2) is 17.4 Å². The van der Waals surface area contributed by atoms with Gasteiger partial charge in [0.15, 0.2) is 26.2 Å². The molecule has 0 amide bonds. The van der Waals surface area contributed by atoms with E-state index in [1.165, 1.54) is 24.3 Å². The fraction of sp³-hybridized carbons (Fsp3) is 0.200. The third-order valence-corrected chi connectivity index (χ3v) is 4.26. The molecule has 0 saturated heterocycles. The number of guanidine groups is 1. The minimum absolute atomic E-state index is 0.00585. The van der Waals surface area contributed by atoms with Crippen LogP contribution in [0.15, 0.2) is 34.3 Å². The van der Waals surface area contributed by atoms with Crippen LogP contribution in [-0.2, 0) is 30.5 Å². The van der Waals surface area contributed by atoms with Crippen LogP contribution in [0.25, 0.3) is 0 Å². The molecule has 21 heavy (non-hydrogen) atoms. The van der Waals surface area contributed by atoms with Gasteiger partial charge in [-0.15, -0.1) is 0 Å². The lowest BCUT2D eigenvalue weighted by Crippen LogP contribution is -2.25. The molecule has 0 aliphatic heterocycles. The fourth-order valence-corrected chi connectivity index (χ4v) is 2.60. The van der Waals surface area contributed by atoms with Crippen LogP contribution in [0.1, 0.15) is 10.8 Å². The summed E-state index contributed by atoms with van der Waals surface area (Å²) in [6.07, 6.45) is 1.01. The van der Waals surface area contributed by atoms with Gasteiger partial charge in [0, 0.05) is 6.26 Å². The van der Waals surface area contributed by atoms with Crippen molar-refractivity contribution in [1.29, 1.82) is 0 Å². The van der Waals surface area contributed by atoms with Gasteiger partial charge < -0.3 is 20.9 Å². The molecule has 1 rings (SSSR count). The second-order valence-electron chi connectivity index (χ2n) is 3.92. The Labute approximate surface area is 123 Å². The third-order valence-electron chi connectivity index (χ3n) is 2.27. The summed E-state index contributed by atoms with van der Waals surface area (Å²) in [6.45, 7) is 0. The van der Waals surface area contributed by atoms with Crippen LogP contribution in [0.4, 0.5) is 0 Å². The van der Waals surface area contributed by atoms with E-state index in [4.69, 9.17) is 11.5 Å². The smallest absolute Gasteiger partial charge is 0.357 e. The highest BCUT2D eigenvalue weighted by atomic mass is 32.2. The first-order valence-corrected chi connectivity index (χ1v) is 8.38. The monoisotopic (exact) mass is 335 g/mol. The molecule has 0 aromatic heterocycles. The number of oxime groups is 1. The molecule has 11 heteroatoms. The first kappa shape index (κ1) is 17.1. The molecule has 2 atom stereocenters. The maximum atomic E-state index is 11.7. The lowest BCUT2D eigenvalue weighted by atomic mass is 10.1. The fourth-order valence-electron chi connectivity index (χ4n) is 1.37. The first-order chi connectivity index (χ1) is 9.62. The van der Waals surface area contributed by atoms with E-state index in [9.17, 15) is 22.0 Å². The van der Waals surface area contributed by atoms with Crippen LogP contribution in [0.2, 0.25) is 0 Å². The quantitative estimate of drug-likeness (QED) is 0.205. The highest BCUT2D eigenvalue weighted by molar-refractivity contribution is 7.90. The summed E-state index contributed by atoms with van der Waals surface area (Å²) >= 11 is -2.60. The van der Waals surface area contributed by atoms with Gasteiger partial charge in [0.2, 0.25) is 5.96 Å². The Balaban J connectivity index is 3.10. The van der Waals surface area contributed by atoms with Crippen molar-refractivity contribution in [2.24, 2.45) is 16.6 Å². The van der Waals surface area contributed by atoms with Gasteiger partial charge in [-0.1, -0.05) is 12.1 Å². The van der Waals surface area contributed by atoms with Gasteiger partial charge in [-0.3, -0.25) is 0 Å². The number of hydrogen-bond acceptors (Lipinski definition) is 6. The zero-order valence-corrected chi connectivity index (χ0v) is 12.4. The molecule has 0 saturated carbocycles. The number of carbonyl (C=O) groups excluding carboxylic acids is 1. The van der Waals surface area contributed by atoms with Gasteiger partial charge in [0.25, 0.3) is 0 Å². The molecule has 0 spiro atoms. The van der Waals surface area contributed by atoms with E-state index in [0.29, 0.717) is 0 Å². The van der Waals surface area contributed by atoms with E-state index >= 15 is 0 Å². The van der Waals surface area contributed by atoms with Crippen molar-refractivity contribution < 1.29 is 26.8 Å². The summed E-state index contributed by atoms with van der Waals surface area (Å²) in [7, 11) is -3.42. The van der Waals surface area contributed by atoms with Gasteiger partial charge >= 0.3 is 5.97 Å². The molecule has 1 aromatic carbocycles. The van der Waals surface area contributed by atoms with Crippen molar-refractivity contribution in [3.63, 3.8) is 0 Å². The normalized spacial score (nSPS) is 14.0.